The van der Waals surface area contributed by atoms with Crippen molar-refractivity contribution in [3.63, 3.8) is 0 Å². The molecule has 1 aromatic rings. The van der Waals surface area contributed by atoms with E-state index < -0.39 is 0 Å². The molecule has 0 aromatic heterocycles. The zero-order valence-electron chi connectivity index (χ0n) is 6.70. The highest BCUT2D eigenvalue weighted by molar-refractivity contribution is 5.61. The molecule has 1 aliphatic carbocycles. The molecule has 0 bridgehead atoms. The van der Waals surface area contributed by atoms with Gasteiger partial charge in [-0.2, -0.15) is 0 Å². The van der Waals surface area contributed by atoms with E-state index in [0.29, 0.717) is 0 Å². The molecule has 0 saturated carbocycles. The van der Waals surface area contributed by atoms with Crippen LogP contribution >= 0.6 is 0 Å². The molecule has 1 radical (unpaired) electrons. The van der Waals surface area contributed by atoms with E-state index >= 15 is 0 Å². The Bertz CT molecular complexity index is 326. The van der Waals surface area contributed by atoms with E-state index in [2.05, 4.69) is 24.3 Å². The van der Waals surface area contributed by atoms with Crippen LogP contribution in [0.3, 0.4) is 0 Å². The molecule has 0 fully saturated rings. The lowest BCUT2D eigenvalue weighted by molar-refractivity contribution is 1.63. The summed E-state index contributed by atoms with van der Waals surface area (Å²) in [5.41, 5.74) is 2.47. The minimum Gasteiger partial charge on any atom is -0.0617 e. The second-order valence-electron chi connectivity index (χ2n) is 2.70. The first-order valence-corrected chi connectivity index (χ1v) is 3.98. The molecule has 12 heavy (non-hydrogen) atoms. The van der Waals surface area contributed by atoms with Gasteiger partial charge in [0.2, 0.25) is 0 Å². The standard InChI is InChI=1S/C12H9/c1-2-6-11(7-3-1)10-12-8-4-5-9-12/h2-10H. The largest absolute Gasteiger partial charge is 0.0617 e. The Morgan fingerprint density at radius 2 is 1.67 bits per heavy atom. The normalized spacial score (nSPS) is 13.8. The molecule has 0 nitrogen and oxygen atoms in total. The van der Waals surface area contributed by atoms with Crippen molar-refractivity contribution in [2.45, 2.75) is 0 Å². The Morgan fingerprint density at radius 3 is 2.33 bits per heavy atom. The van der Waals surface area contributed by atoms with Crippen molar-refractivity contribution in [2.24, 2.45) is 0 Å². The quantitative estimate of drug-likeness (QED) is 0.581. The molecule has 2 rings (SSSR count). The van der Waals surface area contributed by atoms with Crippen molar-refractivity contribution >= 4 is 6.08 Å². The first kappa shape index (κ1) is 7.11. The predicted molar refractivity (Wildman–Crippen MR) is 51.5 cm³/mol. The summed E-state index contributed by atoms with van der Waals surface area (Å²) in [6.45, 7) is 0. The zero-order valence-corrected chi connectivity index (χ0v) is 6.70. The lowest BCUT2D eigenvalue weighted by atomic mass is 10.1. The van der Waals surface area contributed by atoms with Crippen molar-refractivity contribution in [3.05, 3.63) is 65.8 Å². The number of rotatable bonds is 1. The van der Waals surface area contributed by atoms with Crippen molar-refractivity contribution in [3.8, 4) is 0 Å². The highest BCUT2D eigenvalue weighted by Gasteiger charge is 1.91. The molecule has 1 aromatic carbocycles. The van der Waals surface area contributed by atoms with Gasteiger partial charge in [0.15, 0.2) is 0 Å². The molecule has 0 amide bonds. The van der Waals surface area contributed by atoms with E-state index in [-0.39, 0.29) is 0 Å². The van der Waals surface area contributed by atoms with Crippen LogP contribution in [0.15, 0.2) is 54.1 Å². The summed E-state index contributed by atoms with van der Waals surface area (Å²) in [5, 5.41) is 0. The van der Waals surface area contributed by atoms with Gasteiger partial charge in [-0.25, -0.2) is 0 Å². The number of allylic oxidation sites excluding steroid dienone is 5. The molecule has 0 atom stereocenters. The fourth-order valence-corrected chi connectivity index (χ4v) is 1.17. The highest BCUT2D eigenvalue weighted by atomic mass is 14.0. The fourth-order valence-electron chi connectivity index (χ4n) is 1.17. The molecule has 0 aliphatic heterocycles. The molecular formula is C12H9. The van der Waals surface area contributed by atoms with Crippen LogP contribution in [0.2, 0.25) is 0 Å². The van der Waals surface area contributed by atoms with Gasteiger partial charge in [0.05, 0.1) is 0 Å². The summed E-state index contributed by atoms with van der Waals surface area (Å²) in [6, 6.07) is 10.9. The number of hydrogen-bond acceptors (Lipinski definition) is 0. The van der Waals surface area contributed by atoms with E-state index in [1.54, 1.807) is 0 Å². The van der Waals surface area contributed by atoms with Gasteiger partial charge in [-0.1, -0.05) is 48.6 Å². The first-order valence-electron chi connectivity index (χ1n) is 3.98. The number of hydrogen-bond donors (Lipinski definition) is 0. The van der Waals surface area contributed by atoms with E-state index in [1.165, 1.54) is 11.1 Å². The third kappa shape index (κ3) is 1.54. The van der Waals surface area contributed by atoms with E-state index in [0.717, 1.165) is 0 Å². The van der Waals surface area contributed by atoms with Crippen LogP contribution in [0.4, 0.5) is 0 Å². The van der Waals surface area contributed by atoms with Crippen molar-refractivity contribution in [1.82, 2.24) is 0 Å². The van der Waals surface area contributed by atoms with Crippen LogP contribution in [0.5, 0.6) is 0 Å². The van der Waals surface area contributed by atoms with Crippen LogP contribution in [-0.4, -0.2) is 0 Å². The summed E-state index contributed by atoms with van der Waals surface area (Å²) < 4.78 is 0. The Hall–Kier alpha value is -1.56. The monoisotopic (exact) mass is 153 g/mol. The van der Waals surface area contributed by atoms with Gasteiger partial charge < -0.3 is 0 Å². The second kappa shape index (κ2) is 3.22. The topological polar surface area (TPSA) is 0 Å². The average Bonchev–Trinajstić information content (AvgIpc) is 2.59. The average molecular weight is 153 g/mol. The molecule has 0 saturated heterocycles. The van der Waals surface area contributed by atoms with Gasteiger partial charge in [0, 0.05) is 0 Å². The van der Waals surface area contributed by atoms with Gasteiger partial charge in [0.25, 0.3) is 0 Å². The van der Waals surface area contributed by atoms with Crippen LogP contribution in [-0.2, 0) is 0 Å². The van der Waals surface area contributed by atoms with E-state index in [4.69, 9.17) is 0 Å². The lowest BCUT2D eigenvalue weighted by Crippen LogP contribution is -1.71. The highest BCUT2D eigenvalue weighted by Crippen LogP contribution is 2.12. The molecule has 0 spiro atoms. The Kier molecular flexibility index (Phi) is 1.91. The van der Waals surface area contributed by atoms with Crippen LogP contribution < -0.4 is 0 Å². The molecular weight excluding hydrogens is 144 g/mol. The SMILES string of the molecule is [c]1ccc(C=C2C=CC=C2)cc1. The minimum absolute atomic E-state index is 1.22. The van der Waals surface area contributed by atoms with Crippen molar-refractivity contribution in [1.29, 1.82) is 0 Å². The van der Waals surface area contributed by atoms with Crippen LogP contribution in [0.25, 0.3) is 6.08 Å². The predicted octanol–water partition coefficient (Wildman–Crippen LogP) is 3.00. The third-order valence-electron chi connectivity index (χ3n) is 1.77. The van der Waals surface area contributed by atoms with Gasteiger partial charge in [-0.3, -0.25) is 0 Å². The summed E-state index contributed by atoms with van der Waals surface area (Å²) in [4.78, 5) is 0. The summed E-state index contributed by atoms with van der Waals surface area (Å²) in [6.07, 6.45) is 10.4. The lowest BCUT2D eigenvalue weighted by Gasteiger charge is -1.92. The molecule has 57 valence electrons. The summed E-state index contributed by atoms with van der Waals surface area (Å²) in [7, 11) is 0. The summed E-state index contributed by atoms with van der Waals surface area (Å²) in [5.74, 6) is 0. The Labute approximate surface area is 72.5 Å². The second-order valence-corrected chi connectivity index (χ2v) is 2.70. The Morgan fingerprint density at radius 1 is 1.00 bits per heavy atom. The van der Waals surface area contributed by atoms with Gasteiger partial charge >= 0.3 is 0 Å². The maximum absolute atomic E-state index is 2.99. The van der Waals surface area contributed by atoms with Crippen LogP contribution in [0, 0.1) is 6.07 Å². The maximum atomic E-state index is 2.99. The van der Waals surface area contributed by atoms with Gasteiger partial charge in [-0.15, -0.1) is 0 Å². The molecule has 0 unspecified atom stereocenters. The Balaban J connectivity index is 2.29. The minimum atomic E-state index is 1.22. The van der Waals surface area contributed by atoms with E-state index in [9.17, 15) is 0 Å². The molecule has 0 N–H and O–H groups in total. The van der Waals surface area contributed by atoms with Crippen molar-refractivity contribution < 1.29 is 0 Å². The maximum Gasteiger partial charge on any atom is -0.0184 e. The summed E-state index contributed by atoms with van der Waals surface area (Å²) >= 11 is 0. The van der Waals surface area contributed by atoms with Crippen molar-refractivity contribution in [2.75, 3.05) is 0 Å². The van der Waals surface area contributed by atoms with Crippen LogP contribution in [0.1, 0.15) is 5.56 Å². The van der Waals surface area contributed by atoms with Gasteiger partial charge in [-0.05, 0) is 23.3 Å². The smallest absolute Gasteiger partial charge is 0.0184 e. The van der Waals surface area contributed by atoms with Gasteiger partial charge in [0.1, 0.15) is 0 Å². The van der Waals surface area contributed by atoms with E-state index in [1.807, 2.05) is 36.4 Å². The molecule has 0 heteroatoms. The molecule has 0 heterocycles. The molecule has 1 aliphatic rings. The third-order valence-corrected chi connectivity index (χ3v) is 1.77. The number of benzene rings is 1. The zero-order chi connectivity index (χ0) is 8.23. The fraction of sp³-hybridized carbons (Fsp3) is 0. The first-order chi connectivity index (χ1) is 5.95.